The minimum Gasteiger partial charge on any atom is -0.489 e. The molecule has 118 valence electrons. The standard InChI is InChI=1S/C14H17ClN4O3/c1-14(2,21)8-22-9-4-5-12(16-7-9)17-10-6-11(15)18-19(3)13(10)20/h4-7,21H,8H2,1-3H3,(H,16,17). The summed E-state index contributed by atoms with van der Waals surface area (Å²) in [6.45, 7) is 3.46. The number of aliphatic hydroxyl groups is 1. The molecule has 0 aromatic carbocycles. The Kier molecular flexibility index (Phi) is 4.68. The molecule has 22 heavy (non-hydrogen) atoms. The van der Waals surface area contributed by atoms with E-state index in [-0.39, 0.29) is 23.0 Å². The molecule has 0 saturated heterocycles. The van der Waals surface area contributed by atoms with Crippen molar-refractivity contribution < 1.29 is 9.84 Å². The number of pyridine rings is 1. The predicted molar refractivity (Wildman–Crippen MR) is 83.8 cm³/mol. The highest BCUT2D eigenvalue weighted by molar-refractivity contribution is 6.29. The number of aryl methyl sites for hydroxylation is 1. The van der Waals surface area contributed by atoms with Gasteiger partial charge in [-0.2, -0.15) is 5.10 Å². The summed E-state index contributed by atoms with van der Waals surface area (Å²) in [6, 6.07) is 4.78. The van der Waals surface area contributed by atoms with Crippen LogP contribution in [0.25, 0.3) is 0 Å². The van der Waals surface area contributed by atoms with Gasteiger partial charge in [0.05, 0.1) is 11.8 Å². The van der Waals surface area contributed by atoms with E-state index in [0.29, 0.717) is 11.6 Å². The van der Waals surface area contributed by atoms with Gasteiger partial charge in [0.2, 0.25) is 0 Å². The molecule has 0 bridgehead atoms. The third-order valence-electron chi connectivity index (χ3n) is 2.62. The van der Waals surface area contributed by atoms with Gasteiger partial charge < -0.3 is 15.2 Å². The smallest absolute Gasteiger partial charge is 0.290 e. The van der Waals surface area contributed by atoms with Gasteiger partial charge in [-0.05, 0) is 26.0 Å². The van der Waals surface area contributed by atoms with Crippen LogP contribution >= 0.6 is 11.6 Å². The quantitative estimate of drug-likeness (QED) is 0.870. The molecule has 0 fully saturated rings. The molecule has 0 atom stereocenters. The van der Waals surface area contributed by atoms with Crippen LogP contribution in [0.15, 0.2) is 29.2 Å². The zero-order valence-corrected chi connectivity index (χ0v) is 13.3. The van der Waals surface area contributed by atoms with Crippen LogP contribution < -0.4 is 15.6 Å². The highest BCUT2D eigenvalue weighted by Crippen LogP contribution is 2.17. The van der Waals surface area contributed by atoms with Crippen molar-refractivity contribution in [3.63, 3.8) is 0 Å². The fourth-order valence-corrected chi connectivity index (χ4v) is 1.82. The Bertz CT molecular complexity index is 708. The van der Waals surface area contributed by atoms with E-state index in [4.69, 9.17) is 16.3 Å². The lowest BCUT2D eigenvalue weighted by molar-refractivity contribution is 0.0284. The minimum atomic E-state index is -0.920. The molecule has 2 N–H and O–H groups in total. The molecular formula is C14H17ClN4O3. The average Bonchev–Trinajstić information content (AvgIpc) is 2.42. The normalized spacial score (nSPS) is 11.3. The highest BCUT2D eigenvalue weighted by Gasteiger charge is 2.13. The van der Waals surface area contributed by atoms with Crippen molar-refractivity contribution >= 4 is 23.1 Å². The molecule has 8 heteroatoms. The summed E-state index contributed by atoms with van der Waals surface area (Å²) in [5, 5.41) is 16.5. The summed E-state index contributed by atoms with van der Waals surface area (Å²) < 4.78 is 6.54. The van der Waals surface area contributed by atoms with E-state index in [1.807, 2.05) is 0 Å². The van der Waals surface area contributed by atoms with Crippen molar-refractivity contribution in [1.29, 1.82) is 0 Å². The Morgan fingerprint density at radius 2 is 2.18 bits per heavy atom. The van der Waals surface area contributed by atoms with Crippen molar-refractivity contribution in [2.45, 2.75) is 19.4 Å². The molecule has 2 aromatic heterocycles. The van der Waals surface area contributed by atoms with Gasteiger partial charge in [-0.15, -0.1) is 0 Å². The van der Waals surface area contributed by atoms with E-state index in [9.17, 15) is 9.90 Å². The number of aromatic nitrogens is 3. The third kappa shape index (κ3) is 4.44. The van der Waals surface area contributed by atoms with Crippen LogP contribution in [-0.2, 0) is 7.05 Å². The van der Waals surface area contributed by atoms with Crippen molar-refractivity contribution in [3.8, 4) is 5.75 Å². The second kappa shape index (κ2) is 6.33. The molecule has 0 aliphatic carbocycles. The molecule has 0 unspecified atom stereocenters. The molecule has 0 saturated carbocycles. The van der Waals surface area contributed by atoms with E-state index >= 15 is 0 Å². The van der Waals surface area contributed by atoms with Gasteiger partial charge in [-0.1, -0.05) is 11.6 Å². The lowest BCUT2D eigenvalue weighted by atomic mass is 10.2. The van der Waals surface area contributed by atoms with Crippen molar-refractivity contribution in [2.24, 2.45) is 7.05 Å². The van der Waals surface area contributed by atoms with E-state index in [0.717, 1.165) is 4.68 Å². The Morgan fingerprint density at radius 1 is 1.45 bits per heavy atom. The summed E-state index contributed by atoms with van der Waals surface area (Å²) in [5.74, 6) is 0.989. The number of hydrogen-bond donors (Lipinski definition) is 2. The van der Waals surface area contributed by atoms with Crippen LogP contribution in [0.5, 0.6) is 5.75 Å². The monoisotopic (exact) mass is 324 g/mol. The van der Waals surface area contributed by atoms with Crippen molar-refractivity contribution in [1.82, 2.24) is 14.8 Å². The molecule has 2 aromatic rings. The van der Waals surface area contributed by atoms with Gasteiger partial charge in [0.15, 0.2) is 5.15 Å². The number of halogens is 1. The summed E-state index contributed by atoms with van der Waals surface area (Å²) in [7, 11) is 1.51. The first-order chi connectivity index (χ1) is 10.2. The molecular weight excluding hydrogens is 308 g/mol. The first-order valence-electron chi connectivity index (χ1n) is 6.57. The Morgan fingerprint density at radius 3 is 2.77 bits per heavy atom. The zero-order valence-electron chi connectivity index (χ0n) is 12.5. The van der Waals surface area contributed by atoms with Crippen LogP contribution in [0.2, 0.25) is 5.15 Å². The number of anilines is 2. The van der Waals surface area contributed by atoms with Gasteiger partial charge in [0.1, 0.15) is 23.9 Å². The molecule has 7 nitrogen and oxygen atoms in total. The molecule has 2 rings (SSSR count). The summed E-state index contributed by atoms with van der Waals surface area (Å²) in [6.07, 6.45) is 1.50. The number of hydrogen-bond acceptors (Lipinski definition) is 6. The Labute approximate surface area is 132 Å². The topological polar surface area (TPSA) is 89.3 Å². The fourth-order valence-electron chi connectivity index (χ4n) is 1.60. The van der Waals surface area contributed by atoms with E-state index < -0.39 is 5.60 Å². The maximum atomic E-state index is 11.9. The zero-order chi connectivity index (χ0) is 16.3. The molecule has 2 heterocycles. The van der Waals surface area contributed by atoms with E-state index in [2.05, 4.69) is 15.4 Å². The molecule has 0 radical (unpaired) electrons. The average molecular weight is 325 g/mol. The maximum Gasteiger partial charge on any atom is 0.290 e. The first-order valence-corrected chi connectivity index (χ1v) is 6.94. The highest BCUT2D eigenvalue weighted by atomic mass is 35.5. The SMILES string of the molecule is Cn1nc(Cl)cc(Nc2ccc(OCC(C)(C)O)cn2)c1=O. The number of nitrogens with one attached hydrogen (secondary N) is 1. The first kappa shape index (κ1) is 16.3. The lowest BCUT2D eigenvalue weighted by Crippen LogP contribution is -2.27. The maximum absolute atomic E-state index is 11.9. The summed E-state index contributed by atoms with van der Waals surface area (Å²) in [5.41, 5.74) is -0.953. The van der Waals surface area contributed by atoms with Crippen LogP contribution in [0.1, 0.15) is 13.8 Å². The predicted octanol–water partition coefficient (Wildman–Crippen LogP) is 1.72. The third-order valence-corrected chi connectivity index (χ3v) is 2.81. The largest absolute Gasteiger partial charge is 0.489 e. The van der Waals surface area contributed by atoms with Crippen LogP contribution in [-0.4, -0.2) is 32.1 Å². The van der Waals surface area contributed by atoms with E-state index in [1.165, 1.54) is 19.3 Å². The van der Waals surface area contributed by atoms with Gasteiger partial charge >= 0.3 is 0 Å². The van der Waals surface area contributed by atoms with Crippen molar-refractivity contribution in [3.05, 3.63) is 39.9 Å². The summed E-state index contributed by atoms with van der Waals surface area (Å²) in [4.78, 5) is 16.0. The minimum absolute atomic E-state index is 0.155. The van der Waals surface area contributed by atoms with E-state index in [1.54, 1.807) is 26.0 Å². The second-order valence-corrected chi connectivity index (χ2v) is 5.80. The van der Waals surface area contributed by atoms with Gasteiger partial charge in [0, 0.05) is 13.1 Å². The number of rotatable bonds is 5. The van der Waals surface area contributed by atoms with Crippen LogP contribution in [0, 0.1) is 0 Å². The van der Waals surface area contributed by atoms with Crippen LogP contribution in [0.4, 0.5) is 11.5 Å². The van der Waals surface area contributed by atoms with Crippen LogP contribution in [0.3, 0.4) is 0 Å². The lowest BCUT2D eigenvalue weighted by Gasteiger charge is -2.17. The Hall–Kier alpha value is -2.12. The number of ether oxygens (including phenoxy) is 1. The molecule has 0 aliphatic rings. The van der Waals surface area contributed by atoms with Crippen molar-refractivity contribution in [2.75, 3.05) is 11.9 Å². The number of nitrogens with zero attached hydrogens (tertiary/aromatic N) is 3. The molecule has 0 amide bonds. The Balaban J connectivity index is 2.10. The fraction of sp³-hybridized carbons (Fsp3) is 0.357. The molecule has 0 aliphatic heterocycles. The van der Waals surface area contributed by atoms with Gasteiger partial charge in [-0.3, -0.25) is 4.79 Å². The summed E-state index contributed by atoms with van der Waals surface area (Å²) >= 11 is 5.82. The second-order valence-electron chi connectivity index (χ2n) is 5.41. The van der Waals surface area contributed by atoms with Gasteiger partial charge in [-0.25, -0.2) is 9.67 Å². The molecule has 0 spiro atoms. The van der Waals surface area contributed by atoms with Gasteiger partial charge in [0.25, 0.3) is 5.56 Å².